The number of ether oxygens (including phenoxy) is 1. The van der Waals surface area contributed by atoms with Gasteiger partial charge in [-0.1, -0.05) is 25.2 Å². The van der Waals surface area contributed by atoms with Gasteiger partial charge < -0.3 is 15.0 Å². The molecular weight excluding hydrogens is 298 g/mol. The van der Waals surface area contributed by atoms with Crippen LogP contribution in [0.1, 0.15) is 24.2 Å². The van der Waals surface area contributed by atoms with Crippen molar-refractivity contribution >= 4 is 17.2 Å². The van der Waals surface area contributed by atoms with E-state index in [4.69, 9.17) is 4.74 Å². The van der Waals surface area contributed by atoms with Crippen LogP contribution in [0.4, 0.5) is 0 Å². The fraction of sp³-hybridized carbons (Fsp3) is 0.375. The Morgan fingerprint density at radius 2 is 2.00 bits per heavy atom. The minimum absolute atomic E-state index is 0.0621. The van der Waals surface area contributed by atoms with E-state index in [2.05, 4.69) is 29.0 Å². The van der Waals surface area contributed by atoms with Crippen LogP contribution in [0.15, 0.2) is 35.8 Å². The van der Waals surface area contributed by atoms with E-state index >= 15 is 0 Å². The monoisotopic (exact) mass is 319 g/mol. The van der Waals surface area contributed by atoms with Crippen LogP contribution >= 0.6 is 11.3 Å². The molecule has 0 spiro atoms. The molecule has 1 amide bonds. The minimum Gasteiger partial charge on any atom is -0.431 e. The summed E-state index contributed by atoms with van der Waals surface area (Å²) in [6, 6.07) is 7.08. The second-order valence-electron chi connectivity index (χ2n) is 4.71. The normalized spacial score (nSPS) is 10.7. The number of amides is 1. The number of hydrogen-bond donors (Lipinski definition) is 1. The zero-order chi connectivity index (χ0) is 15.8. The summed E-state index contributed by atoms with van der Waals surface area (Å²) in [5.41, 5.74) is 0.631. The number of carbonyl (C=O) groups is 1. The summed E-state index contributed by atoms with van der Waals surface area (Å²) in [7, 11) is 0. The van der Waals surface area contributed by atoms with Crippen molar-refractivity contribution in [2.75, 3.05) is 26.2 Å². The smallest absolute Gasteiger partial charge is 0.278 e. The molecule has 0 unspecified atom stereocenters. The lowest BCUT2D eigenvalue weighted by Gasteiger charge is -2.17. The molecule has 0 aliphatic rings. The summed E-state index contributed by atoms with van der Waals surface area (Å²) in [6.45, 7) is 7.74. The van der Waals surface area contributed by atoms with Gasteiger partial charge in [-0.15, -0.1) is 0 Å². The van der Waals surface area contributed by atoms with Gasteiger partial charge in [-0.2, -0.15) is 0 Å². The highest BCUT2D eigenvalue weighted by Gasteiger charge is 2.07. The van der Waals surface area contributed by atoms with Gasteiger partial charge in [-0.05, 0) is 37.4 Å². The maximum absolute atomic E-state index is 12.1. The standard InChI is InChI=1S/C16H21N3O2S/c1-3-19(4-2)11-9-17-15(20)13-5-7-14(8-6-13)21-16-18-10-12-22-16/h5-8,10,12H,3-4,9,11H2,1-2H3,(H,17,20). The van der Waals surface area contributed by atoms with Gasteiger partial charge in [0, 0.05) is 30.2 Å². The van der Waals surface area contributed by atoms with Gasteiger partial charge in [0.2, 0.25) is 0 Å². The average Bonchev–Trinajstić information content (AvgIpc) is 3.05. The Morgan fingerprint density at radius 3 is 2.59 bits per heavy atom. The van der Waals surface area contributed by atoms with Gasteiger partial charge in [0.1, 0.15) is 5.75 Å². The molecule has 0 fully saturated rings. The van der Waals surface area contributed by atoms with Crippen LogP contribution in [0.5, 0.6) is 10.9 Å². The highest BCUT2D eigenvalue weighted by molar-refractivity contribution is 7.11. The number of hydrogen-bond acceptors (Lipinski definition) is 5. The second-order valence-corrected chi connectivity index (χ2v) is 5.56. The fourth-order valence-electron chi connectivity index (χ4n) is 2.01. The molecule has 1 aromatic carbocycles. The van der Waals surface area contributed by atoms with Crippen molar-refractivity contribution in [3.05, 3.63) is 41.4 Å². The van der Waals surface area contributed by atoms with Crippen LogP contribution < -0.4 is 10.1 Å². The van der Waals surface area contributed by atoms with E-state index in [-0.39, 0.29) is 5.91 Å². The van der Waals surface area contributed by atoms with Crippen molar-refractivity contribution in [2.45, 2.75) is 13.8 Å². The maximum Gasteiger partial charge on any atom is 0.278 e. The largest absolute Gasteiger partial charge is 0.431 e. The van der Waals surface area contributed by atoms with E-state index in [1.54, 1.807) is 30.5 Å². The lowest BCUT2D eigenvalue weighted by molar-refractivity contribution is 0.0949. The molecule has 118 valence electrons. The molecule has 1 aromatic heterocycles. The number of aromatic nitrogens is 1. The SMILES string of the molecule is CCN(CC)CCNC(=O)c1ccc(Oc2nccs2)cc1. The van der Waals surface area contributed by atoms with Crippen LogP contribution in [-0.2, 0) is 0 Å². The summed E-state index contributed by atoms with van der Waals surface area (Å²) < 4.78 is 5.56. The highest BCUT2D eigenvalue weighted by atomic mass is 32.1. The number of benzene rings is 1. The van der Waals surface area contributed by atoms with Crippen molar-refractivity contribution in [3.8, 4) is 10.9 Å². The Bertz CT molecular complexity index is 566. The van der Waals surface area contributed by atoms with Crippen molar-refractivity contribution in [1.82, 2.24) is 15.2 Å². The molecule has 0 atom stereocenters. The number of nitrogens with one attached hydrogen (secondary N) is 1. The molecule has 6 heteroatoms. The van der Waals surface area contributed by atoms with Gasteiger partial charge in [-0.25, -0.2) is 4.98 Å². The number of thiazole rings is 1. The molecule has 1 N–H and O–H groups in total. The first kappa shape index (κ1) is 16.5. The molecule has 0 saturated carbocycles. The first-order valence-corrected chi connectivity index (χ1v) is 8.28. The summed E-state index contributed by atoms with van der Waals surface area (Å²) in [4.78, 5) is 18.4. The Labute approximate surface area is 134 Å². The Balaban J connectivity index is 1.83. The molecule has 5 nitrogen and oxygen atoms in total. The third-order valence-corrected chi connectivity index (χ3v) is 3.99. The molecule has 2 aromatic rings. The predicted octanol–water partition coefficient (Wildman–Crippen LogP) is 3.01. The predicted molar refractivity (Wildman–Crippen MR) is 88.8 cm³/mol. The van der Waals surface area contributed by atoms with Gasteiger partial charge in [0.05, 0.1) is 0 Å². The van der Waals surface area contributed by atoms with Crippen LogP contribution in [0, 0.1) is 0 Å². The van der Waals surface area contributed by atoms with Crippen molar-refractivity contribution in [3.63, 3.8) is 0 Å². The lowest BCUT2D eigenvalue weighted by Crippen LogP contribution is -2.34. The van der Waals surface area contributed by atoms with Crippen LogP contribution in [0.3, 0.4) is 0 Å². The first-order valence-electron chi connectivity index (χ1n) is 7.41. The third-order valence-electron chi connectivity index (χ3n) is 3.34. The van der Waals surface area contributed by atoms with Gasteiger partial charge in [0.15, 0.2) is 0 Å². The molecule has 0 aliphatic carbocycles. The first-order chi connectivity index (χ1) is 10.7. The van der Waals surface area contributed by atoms with Gasteiger partial charge >= 0.3 is 0 Å². The molecule has 2 rings (SSSR count). The molecule has 1 heterocycles. The molecule has 0 radical (unpaired) electrons. The summed E-state index contributed by atoms with van der Waals surface area (Å²) in [5.74, 6) is 0.614. The Morgan fingerprint density at radius 1 is 1.27 bits per heavy atom. The van der Waals surface area contributed by atoms with E-state index in [1.807, 2.05) is 5.38 Å². The minimum atomic E-state index is -0.0621. The van der Waals surface area contributed by atoms with Crippen molar-refractivity contribution in [1.29, 1.82) is 0 Å². The molecule has 0 aliphatic heterocycles. The van der Waals surface area contributed by atoms with E-state index in [9.17, 15) is 4.79 Å². The molecular formula is C16H21N3O2S. The summed E-state index contributed by atoms with van der Waals surface area (Å²) >= 11 is 1.43. The van der Waals surface area contributed by atoms with Crippen molar-refractivity contribution in [2.24, 2.45) is 0 Å². The van der Waals surface area contributed by atoms with E-state index in [0.29, 0.717) is 23.1 Å². The van der Waals surface area contributed by atoms with Gasteiger partial charge in [0.25, 0.3) is 11.1 Å². The van der Waals surface area contributed by atoms with Gasteiger partial charge in [-0.3, -0.25) is 4.79 Å². The Kier molecular flexibility index (Phi) is 6.36. The van der Waals surface area contributed by atoms with E-state index < -0.39 is 0 Å². The third kappa shape index (κ3) is 4.82. The highest BCUT2D eigenvalue weighted by Crippen LogP contribution is 2.23. The summed E-state index contributed by atoms with van der Waals surface area (Å²) in [6.07, 6.45) is 1.69. The van der Waals surface area contributed by atoms with Crippen LogP contribution in [0.25, 0.3) is 0 Å². The zero-order valence-corrected chi connectivity index (χ0v) is 13.7. The van der Waals surface area contributed by atoms with E-state index in [1.165, 1.54) is 11.3 Å². The molecule has 0 bridgehead atoms. The van der Waals surface area contributed by atoms with Crippen LogP contribution in [0.2, 0.25) is 0 Å². The zero-order valence-electron chi connectivity index (χ0n) is 12.9. The van der Waals surface area contributed by atoms with Crippen molar-refractivity contribution < 1.29 is 9.53 Å². The Hall–Kier alpha value is -1.92. The average molecular weight is 319 g/mol. The van der Waals surface area contributed by atoms with Crippen LogP contribution in [-0.4, -0.2) is 42.0 Å². The number of likely N-dealkylation sites (N-methyl/N-ethyl adjacent to an activating group) is 1. The van der Waals surface area contributed by atoms with E-state index in [0.717, 1.165) is 19.6 Å². The lowest BCUT2D eigenvalue weighted by atomic mass is 10.2. The second kappa shape index (κ2) is 8.51. The fourth-order valence-corrected chi connectivity index (χ4v) is 2.51. The number of rotatable bonds is 8. The quantitative estimate of drug-likeness (QED) is 0.812. The maximum atomic E-state index is 12.1. The summed E-state index contributed by atoms with van der Waals surface area (Å²) in [5, 5.41) is 5.38. The number of carbonyl (C=O) groups excluding carboxylic acids is 1. The number of nitrogens with zero attached hydrogens (tertiary/aromatic N) is 2. The molecule has 22 heavy (non-hydrogen) atoms. The topological polar surface area (TPSA) is 54.5 Å². The molecule has 0 saturated heterocycles.